The number of esters is 1. The summed E-state index contributed by atoms with van der Waals surface area (Å²) in [4.78, 5) is 31.8. The number of nitrogens with zero attached hydrogens (tertiary/aromatic N) is 3. The van der Waals surface area contributed by atoms with Crippen molar-refractivity contribution in [1.82, 2.24) is 14.3 Å². The average Bonchev–Trinajstić information content (AvgIpc) is 3.18. The number of aliphatic hydroxyl groups is 1. The maximum atomic E-state index is 13.2. The number of piperidine rings is 1. The number of carbonyl (C=O) groups is 2. The quantitative estimate of drug-likeness (QED) is 0.789. The lowest BCUT2D eigenvalue weighted by Crippen LogP contribution is -2.45. The number of pyridine rings is 1. The van der Waals surface area contributed by atoms with E-state index in [1.54, 1.807) is 30.9 Å². The topological polar surface area (TPSA) is 92.6 Å². The minimum Gasteiger partial charge on any atom is -0.464 e. The van der Waals surface area contributed by atoms with Crippen LogP contribution in [0.5, 0.6) is 0 Å². The van der Waals surface area contributed by atoms with Crippen LogP contribution in [0.1, 0.15) is 70.9 Å². The minimum atomic E-state index is -0.932. The van der Waals surface area contributed by atoms with E-state index >= 15 is 0 Å². The number of hydrogen-bond acceptors (Lipinski definition) is 7. The normalized spacial score (nSPS) is 20.1. The number of likely N-dealkylation sites (tertiary alicyclic amines) is 1. The molecule has 1 saturated heterocycles. The van der Waals surface area contributed by atoms with Gasteiger partial charge >= 0.3 is 5.97 Å². The first-order valence-corrected chi connectivity index (χ1v) is 10.0. The Labute approximate surface area is 168 Å². The Bertz CT molecular complexity index is 874. The lowest BCUT2D eigenvalue weighted by molar-refractivity contribution is 0.0555. The molecular weight excluding hydrogens is 378 g/mol. The van der Waals surface area contributed by atoms with E-state index in [0.29, 0.717) is 6.54 Å². The van der Waals surface area contributed by atoms with Crippen molar-refractivity contribution in [1.29, 1.82) is 0 Å². The van der Waals surface area contributed by atoms with Crippen molar-refractivity contribution in [2.45, 2.75) is 51.2 Å². The third kappa shape index (κ3) is 4.07. The van der Waals surface area contributed by atoms with Crippen LogP contribution < -0.4 is 0 Å². The SMILES string of the molecule is COC(=O)c1ncccc1C(=O)N1C[C@H](c2cc(C(C)(C)O)sn2)CC[C@H]1C. The van der Waals surface area contributed by atoms with Crippen LogP contribution >= 0.6 is 11.5 Å². The van der Waals surface area contributed by atoms with Crippen LogP contribution in [0.25, 0.3) is 0 Å². The molecule has 1 fully saturated rings. The van der Waals surface area contributed by atoms with Gasteiger partial charge in [0.2, 0.25) is 0 Å². The number of carbonyl (C=O) groups excluding carboxylic acids is 2. The molecule has 3 heterocycles. The van der Waals surface area contributed by atoms with Gasteiger partial charge in [-0.3, -0.25) is 4.79 Å². The number of amides is 1. The minimum absolute atomic E-state index is 0.0299. The van der Waals surface area contributed by atoms with Crippen molar-refractivity contribution in [2.24, 2.45) is 0 Å². The summed E-state index contributed by atoms with van der Waals surface area (Å²) in [6.45, 7) is 5.98. The predicted octanol–water partition coefficient (Wildman–Crippen LogP) is 2.96. The maximum absolute atomic E-state index is 13.2. The zero-order chi connectivity index (χ0) is 20.5. The lowest BCUT2D eigenvalue weighted by Gasteiger charge is -2.37. The van der Waals surface area contributed by atoms with E-state index < -0.39 is 11.6 Å². The summed E-state index contributed by atoms with van der Waals surface area (Å²) in [6, 6.07) is 5.22. The molecule has 7 nitrogen and oxygen atoms in total. The molecule has 2 aromatic rings. The molecule has 0 radical (unpaired) electrons. The van der Waals surface area contributed by atoms with Crippen LogP contribution in [-0.2, 0) is 10.3 Å². The molecule has 1 amide bonds. The zero-order valence-electron chi connectivity index (χ0n) is 16.5. The molecule has 28 heavy (non-hydrogen) atoms. The van der Waals surface area contributed by atoms with Crippen molar-refractivity contribution >= 4 is 23.4 Å². The van der Waals surface area contributed by atoms with E-state index in [1.165, 1.54) is 24.8 Å². The number of ether oxygens (including phenoxy) is 1. The Balaban J connectivity index is 1.85. The molecule has 0 aromatic carbocycles. The first-order valence-electron chi connectivity index (χ1n) is 9.26. The highest BCUT2D eigenvalue weighted by Gasteiger charge is 2.34. The molecule has 3 rings (SSSR count). The van der Waals surface area contributed by atoms with Crippen LogP contribution in [-0.4, -0.2) is 50.9 Å². The van der Waals surface area contributed by atoms with Gasteiger partial charge in [-0.05, 0) is 63.3 Å². The summed E-state index contributed by atoms with van der Waals surface area (Å²) in [5, 5.41) is 10.2. The zero-order valence-corrected chi connectivity index (χ0v) is 17.3. The third-order valence-electron chi connectivity index (χ3n) is 5.11. The van der Waals surface area contributed by atoms with Gasteiger partial charge in [-0.15, -0.1) is 0 Å². The molecule has 0 bridgehead atoms. The Kier molecular flexibility index (Phi) is 5.81. The summed E-state index contributed by atoms with van der Waals surface area (Å²) < 4.78 is 9.28. The van der Waals surface area contributed by atoms with Gasteiger partial charge in [0.15, 0.2) is 5.69 Å². The summed E-state index contributed by atoms with van der Waals surface area (Å²) in [6.07, 6.45) is 3.22. The first-order chi connectivity index (χ1) is 13.2. The second-order valence-corrected chi connectivity index (χ2v) is 8.45. The van der Waals surface area contributed by atoms with Gasteiger partial charge < -0.3 is 14.7 Å². The van der Waals surface area contributed by atoms with E-state index in [1.807, 2.05) is 13.0 Å². The van der Waals surface area contributed by atoms with Crippen LogP contribution in [0.2, 0.25) is 0 Å². The van der Waals surface area contributed by atoms with Gasteiger partial charge in [0.25, 0.3) is 5.91 Å². The number of hydrogen-bond donors (Lipinski definition) is 1. The van der Waals surface area contributed by atoms with Gasteiger partial charge in [-0.25, -0.2) is 9.78 Å². The van der Waals surface area contributed by atoms with Gasteiger partial charge in [-0.1, -0.05) is 0 Å². The molecule has 0 aliphatic carbocycles. The predicted molar refractivity (Wildman–Crippen MR) is 105 cm³/mol. The molecule has 1 aliphatic rings. The Hall–Kier alpha value is -2.32. The van der Waals surface area contributed by atoms with Crippen molar-refractivity contribution in [2.75, 3.05) is 13.7 Å². The van der Waals surface area contributed by atoms with E-state index in [0.717, 1.165) is 23.4 Å². The molecule has 2 aromatic heterocycles. The van der Waals surface area contributed by atoms with Gasteiger partial charge in [0.05, 0.1) is 28.8 Å². The molecule has 2 atom stereocenters. The molecule has 150 valence electrons. The highest BCUT2D eigenvalue weighted by molar-refractivity contribution is 7.06. The third-order valence-corrected chi connectivity index (χ3v) is 6.23. The summed E-state index contributed by atoms with van der Waals surface area (Å²) in [5.74, 6) is -0.770. The monoisotopic (exact) mass is 403 g/mol. The summed E-state index contributed by atoms with van der Waals surface area (Å²) in [5.41, 5.74) is 0.240. The van der Waals surface area contributed by atoms with Crippen molar-refractivity contribution < 1.29 is 19.4 Å². The second kappa shape index (κ2) is 7.97. The highest BCUT2D eigenvalue weighted by Crippen LogP contribution is 2.34. The molecule has 1 aliphatic heterocycles. The van der Waals surface area contributed by atoms with E-state index in [4.69, 9.17) is 4.74 Å². The van der Waals surface area contributed by atoms with Crippen molar-refractivity contribution in [3.8, 4) is 0 Å². The van der Waals surface area contributed by atoms with Gasteiger partial charge in [0, 0.05) is 24.7 Å². The Morgan fingerprint density at radius 3 is 2.75 bits per heavy atom. The van der Waals surface area contributed by atoms with E-state index in [2.05, 4.69) is 9.36 Å². The van der Waals surface area contributed by atoms with Crippen molar-refractivity contribution in [3.63, 3.8) is 0 Å². The fraction of sp³-hybridized carbons (Fsp3) is 0.500. The molecule has 0 spiro atoms. The largest absolute Gasteiger partial charge is 0.464 e. The number of methoxy groups -OCH3 is 1. The summed E-state index contributed by atoms with van der Waals surface area (Å²) in [7, 11) is 1.27. The van der Waals surface area contributed by atoms with Crippen LogP contribution in [0.4, 0.5) is 0 Å². The molecule has 0 unspecified atom stereocenters. The maximum Gasteiger partial charge on any atom is 0.357 e. The van der Waals surface area contributed by atoms with Crippen LogP contribution in [0, 0.1) is 0 Å². The fourth-order valence-electron chi connectivity index (χ4n) is 3.39. The van der Waals surface area contributed by atoms with E-state index in [-0.39, 0.29) is 29.1 Å². The lowest BCUT2D eigenvalue weighted by atomic mass is 9.89. The number of rotatable bonds is 4. The molecule has 8 heteroatoms. The molecule has 0 saturated carbocycles. The molecule has 1 N–H and O–H groups in total. The standard InChI is InChI=1S/C20H25N3O4S/c1-12-7-8-13(15-10-16(28-22-15)20(2,3)26)11-23(12)18(24)14-6-5-9-21-17(14)19(25)27-4/h5-6,9-10,12-13,26H,7-8,11H2,1-4H3/t12-,13-/m1/s1. The van der Waals surface area contributed by atoms with Gasteiger partial charge in [0.1, 0.15) is 0 Å². The smallest absolute Gasteiger partial charge is 0.357 e. The van der Waals surface area contributed by atoms with E-state index in [9.17, 15) is 14.7 Å². The molecular formula is C20H25N3O4S. The van der Waals surface area contributed by atoms with Crippen LogP contribution in [0.3, 0.4) is 0 Å². The summed E-state index contributed by atoms with van der Waals surface area (Å²) >= 11 is 1.29. The average molecular weight is 404 g/mol. The Morgan fingerprint density at radius 1 is 1.36 bits per heavy atom. The van der Waals surface area contributed by atoms with Crippen molar-refractivity contribution in [3.05, 3.63) is 46.2 Å². The Morgan fingerprint density at radius 2 is 2.11 bits per heavy atom. The fourth-order valence-corrected chi connectivity index (χ4v) is 4.20. The van der Waals surface area contributed by atoms with Crippen LogP contribution in [0.15, 0.2) is 24.4 Å². The number of aromatic nitrogens is 2. The highest BCUT2D eigenvalue weighted by atomic mass is 32.1. The second-order valence-electron chi connectivity index (χ2n) is 7.65. The van der Waals surface area contributed by atoms with Gasteiger partial charge in [-0.2, -0.15) is 4.37 Å². The first kappa shape index (κ1) is 20.4.